The number of ether oxygens (including phenoxy) is 1. The first kappa shape index (κ1) is 12.9. The van der Waals surface area contributed by atoms with E-state index in [9.17, 15) is 9.59 Å². The quantitative estimate of drug-likeness (QED) is 0.573. The first-order valence-corrected chi connectivity index (χ1v) is 5.36. The van der Waals surface area contributed by atoms with Gasteiger partial charge in [-0.25, -0.2) is 4.79 Å². The Kier molecular flexibility index (Phi) is 4.89. The molecule has 1 aromatic rings. The van der Waals surface area contributed by atoms with Gasteiger partial charge in [0.2, 0.25) is 0 Å². The normalized spacial score (nSPS) is 9.41. The average molecular weight is 231 g/mol. The second-order valence-corrected chi connectivity index (χ2v) is 3.42. The summed E-state index contributed by atoms with van der Waals surface area (Å²) in [5.41, 5.74) is 1.40. The summed E-state index contributed by atoms with van der Waals surface area (Å²) in [7, 11) is 0. The zero-order valence-corrected chi connectivity index (χ0v) is 9.60. The van der Waals surface area contributed by atoms with Gasteiger partial charge < -0.3 is 9.53 Å². The first-order valence-electron chi connectivity index (χ1n) is 5.36. The third-order valence-electron chi connectivity index (χ3n) is 2.25. The number of nitriles is 1. The van der Waals surface area contributed by atoms with Crippen molar-refractivity contribution in [3.63, 3.8) is 0 Å². The molecule has 0 heterocycles. The van der Waals surface area contributed by atoms with Crippen LogP contribution in [0.5, 0.6) is 0 Å². The van der Waals surface area contributed by atoms with Crippen molar-refractivity contribution in [3.05, 3.63) is 34.9 Å². The zero-order valence-electron chi connectivity index (χ0n) is 9.60. The second kappa shape index (κ2) is 6.44. The van der Waals surface area contributed by atoms with Gasteiger partial charge in [0, 0.05) is 6.42 Å². The van der Waals surface area contributed by atoms with Crippen molar-refractivity contribution >= 4 is 12.3 Å². The number of carbonyl (C=O) groups is 2. The van der Waals surface area contributed by atoms with Gasteiger partial charge in [0.15, 0.2) is 0 Å². The van der Waals surface area contributed by atoms with E-state index in [0.717, 1.165) is 11.8 Å². The standard InChI is InChI=1S/C13H13NO3/c1-2-17-13(16)12-8-10(4-3-7-15)5-6-11(12)9-14/h5-8H,2-4H2,1H3. The van der Waals surface area contributed by atoms with Crippen LogP contribution >= 0.6 is 0 Å². The molecule has 0 saturated heterocycles. The summed E-state index contributed by atoms with van der Waals surface area (Å²) in [5, 5.41) is 8.89. The largest absolute Gasteiger partial charge is 0.462 e. The molecule has 0 aliphatic rings. The van der Waals surface area contributed by atoms with Gasteiger partial charge in [-0.1, -0.05) is 6.07 Å². The van der Waals surface area contributed by atoms with E-state index < -0.39 is 5.97 Å². The van der Waals surface area contributed by atoms with Gasteiger partial charge >= 0.3 is 5.97 Å². The molecule has 0 aliphatic carbocycles. The van der Waals surface area contributed by atoms with Crippen LogP contribution in [0.4, 0.5) is 0 Å². The Balaban J connectivity index is 3.02. The van der Waals surface area contributed by atoms with Gasteiger partial charge in [-0.05, 0) is 31.0 Å². The second-order valence-electron chi connectivity index (χ2n) is 3.42. The number of aryl methyl sites for hydroxylation is 1. The highest BCUT2D eigenvalue weighted by Gasteiger charge is 2.13. The summed E-state index contributed by atoms with van der Waals surface area (Å²) in [5.74, 6) is -0.503. The number of benzene rings is 1. The minimum absolute atomic E-state index is 0.262. The smallest absolute Gasteiger partial charge is 0.339 e. The number of aldehydes is 1. The van der Waals surface area contributed by atoms with E-state index in [4.69, 9.17) is 10.00 Å². The Morgan fingerprint density at radius 3 is 2.88 bits per heavy atom. The summed E-state index contributed by atoms with van der Waals surface area (Å²) in [6.07, 6.45) is 1.78. The molecular weight excluding hydrogens is 218 g/mol. The number of nitrogens with zero attached hydrogens (tertiary/aromatic N) is 1. The van der Waals surface area contributed by atoms with Crippen molar-refractivity contribution in [2.75, 3.05) is 6.61 Å². The predicted molar refractivity (Wildman–Crippen MR) is 61.5 cm³/mol. The summed E-state index contributed by atoms with van der Waals surface area (Å²) in [6, 6.07) is 6.88. The van der Waals surface area contributed by atoms with Gasteiger partial charge in [-0.3, -0.25) is 0 Å². The fourth-order valence-electron chi connectivity index (χ4n) is 1.45. The van der Waals surface area contributed by atoms with E-state index in [0.29, 0.717) is 18.4 Å². The van der Waals surface area contributed by atoms with Gasteiger partial charge in [0.1, 0.15) is 12.4 Å². The Morgan fingerprint density at radius 2 is 2.29 bits per heavy atom. The molecule has 0 radical (unpaired) electrons. The zero-order chi connectivity index (χ0) is 12.7. The summed E-state index contributed by atoms with van der Waals surface area (Å²) in [6.45, 7) is 1.97. The van der Waals surface area contributed by atoms with Crippen molar-refractivity contribution in [2.24, 2.45) is 0 Å². The number of hydrogen-bond donors (Lipinski definition) is 0. The summed E-state index contributed by atoms with van der Waals surface area (Å²) in [4.78, 5) is 21.9. The van der Waals surface area contributed by atoms with Gasteiger partial charge in [0.05, 0.1) is 17.7 Å². The van der Waals surface area contributed by atoms with Crippen LogP contribution in [0.1, 0.15) is 34.8 Å². The maximum absolute atomic E-state index is 11.6. The fourth-order valence-corrected chi connectivity index (χ4v) is 1.45. The van der Waals surface area contributed by atoms with Crippen LogP contribution in [-0.4, -0.2) is 18.9 Å². The lowest BCUT2D eigenvalue weighted by molar-refractivity contribution is -0.107. The average Bonchev–Trinajstić information content (AvgIpc) is 2.36. The lowest BCUT2D eigenvalue weighted by Gasteiger charge is -2.06. The first-order chi connectivity index (χ1) is 8.22. The molecule has 88 valence electrons. The Hall–Kier alpha value is -2.15. The molecule has 1 rings (SSSR count). The molecule has 4 nitrogen and oxygen atoms in total. The molecule has 1 aromatic carbocycles. The van der Waals surface area contributed by atoms with Crippen molar-refractivity contribution in [3.8, 4) is 6.07 Å². The van der Waals surface area contributed by atoms with Crippen molar-refractivity contribution in [2.45, 2.75) is 19.8 Å². The van der Waals surface area contributed by atoms with Gasteiger partial charge in [0.25, 0.3) is 0 Å². The molecule has 0 aromatic heterocycles. The molecule has 0 saturated carbocycles. The minimum atomic E-state index is -0.503. The van der Waals surface area contributed by atoms with Crippen molar-refractivity contribution < 1.29 is 14.3 Å². The van der Waals surface area contributed by atoms with Crippen LogP contribution in [0, 0.1) is 11.3 Å². The van der Waals surface area contributed by atoms with E-state index in [-0.39, 0.29) is 12.2 Å². The van der Waals surface area contributed by atoms with Crippen LogP contribution in [0.15, 0.2) is 18.2 Å². The van der Waals surface area contributed by atoms with E-state index >= 15 is 0 Å². The molecule has 4 heteroatoms. The van der Waals surface area contributed by atoms with Crippen molar-refractivity contribution in [1.82, 2.24) is 0 Å². The molecule has 17 heavy (non-hydrogen) atoms. The highest BCUT2D eigenvalue weighted by molar-refractivity contribution is 5.92. The third-order valence-corrected chi connectivity index (χ3v) is 2.25. The summed E-state index contributed by atoms with van der Waals surface area (Å²) >= 11 is 0. The molecule has 0 aliphatic heterocycles. The number of hydrogen-bond acceptors (Lipinski definition) is 4. The Morgan fingerprint density at radius 1 is 1.53 bits per heavy atom. The molecule has 0 unspecified atom stereocenters. The molecule has 0 amide bonds. The Labute approximate surface area is 99.8 Å². The molecule has 0 fully saturated rings. The van der Waals surface area contributed by atoms with Gasteiger partial charge in [-0.2, -0.15) is 5.26 Å². The van der Waals surface area contributed by atoms with E-state index in [1.165, 1.54) is 0 Å². The lowest BCUT2D eigenvalue weighted by Crippen LogP contribution is -2.07. The predicted octanol–water partition coefficient (Wildman–Crippen LogP) is 1.87. The lowest BCUT2D eigenvalue weighted by atomic mass is 10.0. The van der Waals surface area contributed by atoms with E-state index in [2.05, 4.69) is 0 Å². The van der Waals surface area contributed by atoms with Crippen LogP contribution in [0.3, 0.4) is 0 Å². The third kappa shape index (κ3) is 3.42. The molecule has 0 bridgehead atoms. The minimum Gasteiger partial charge on any atom is -0.462 e. The fraction of sp³-hybridized carbons (Fsp3) is 0.308. The number of carbonyl (C=O) groups excluding carboxylic acids is 2. The summed E-state index contributed by atoms with van der Waals surface area (Å²) < 4.78 is 4.87. The van der Waals surface area contributed by atoms with Crippen LogP contribution in [0.25, 0.3) is 0 Å². The van der Waals surface area contributed by atoms with Gasteiger partial charge in [-0.15, -0.1) is 0 Å². The van der Waals surface area contributed by atoms with E-state index in [1.54, 1.807) is 25.1 Å². The maximum Gasteiger partial charge on any atom is 0.339 e. The van der Waals surface area contributed by atoms with Crippen molar-refractivity contribution in [1.29, 1.82) is 5.26 Å². The van der Waals surface area contributed by atoms with Crippen LogP contribution < -0.4 is 0 Å². The Bertz CT molecular complexity index is 460. The molecule has 0 atom stereocenters. The number of esters is 1. The van der Waals surface area contributed by atoms with Crippen LogP contribution in [0.2, 0.25) is 0 Å². The maximum atomic E-state index is 11.6. The molecule has 0 spiro atoms. The van der Waals surface area contributed by atoms with Crippen LogP contribution in [-0.2, 0) is 16.0 Å². The highest BCUT2D eigenvalue weighted by atomic mass is 16.5. The highest BCUT2D eigenvalue weighted by Crippen LogP contribution is 2.14. The van der Waals surface area contributed by atoms with E-state index in [1.807, 2.05) is 6.07 Å². The monoisotopic (exact) mass is 231 g/mol. The SMILES string of the molecule is CCOC(=O)c1cc(CCC=O)ccc1C#N. The molecule has 0 N–H and O–H groups in total. The topological polar surface area (TPSA) is 67.2 Å². The molecular formula is C13H13NO3. The number of rotatable bonds is 5.